The number of amidine groups is 1. The van der Waals surface area contributed by atoms with E-state index in [1.165, 1.54) is 32.1 Å². The highest BCUT2D eigenvalue weighted by Gasteiger charge is 2.18. The molecule has 5 heteroatoms. The van der Waals surface area contributed by atoms with Gasteiger partial charge < -0.3 is 16.3 Å². The maximum atomic E-state index is 12.0. The molecule has 0 bridgehead atoms. The largest absolute Gasteiger partial charge is 0.409 e. The second kappa shape index (κ2) is 9.64. The van der Waals surface area contributed by atoms with E-state index in [2.05, 4.69) is 10.5 Å². The first-order chi connectivity index (χ1) is 9.24. The number of nitrogens with two attached hydrogens (primary N) is 1. The Morgan fingerprint density at radius 3 is 2.42 bits per heavy atom. The van der Waals surface area contributed by atoms with E-state index in [4.69, 9.17) is 10.9 Å². The van der Waals surface area contributed by atoms with Gasteiger partial charge in [-0.2, -0.15) is 0 Å². The zero-order valence-electron chi connectivity index (χ0n) is 11.7. The summed E-state index contributed by atoms with van der Waals surface area (Å²) in [4.78, 5) is 12.0. The van der Waals surface area contributed by atoms with Gasteiger partial charge in [0.25, 0.3) is 0 Å². The summed E-state index contributed by atoms with van der Waals surface area (Å²) in [6.07, 6.45) is 10.6. The highest BCUT2D eigenvalue weighted by atomic mass is 16.4. The van der Waals surface area contributed by atoms with E-state index in [1.807, 2.05) is 0 Å². The van der Waals surface area contributed by atoms with Crippen molar-refractivity contribution in [2.24, 2.45) is 16.8 Å². The molecule has 0 radical (unpaired) electrons. The molecule has 1 aliphatic rings. The molecule has 0 spiro atoms. The van der Waals surface area contributed by atoms with Crippen molar-refractivity contribution in [1.82, 2.24) is 5.32 Å². The van der Waals surface area contributed by atoms with Crippen LogP contribution in [0.2, 0.25) is 0 Å². The fourth-order valence-electron chi connectivity index (χ4n) is 2.56. The van der Waals surface area contributed by atoms with E-state index in [1.54, 1.807) is 0 Å². The summed E-state index contributed by atoms with van der Waals surface area (Å²) >= 11 is 0. The maximum absolute atomic E-state index is 12.0. The Hall–Kier alpha value is -1.26. The molecule has 0 aromatic carbocycles. The smallest absolute Gasteiger partial charge is 0.223 e. The Balaban J connectivity index is 2.12. The molecule has 0 saturated heterocycles. The normalized spacial score (nSPS) is 18.6. The fraction of sp³-hybridized carbons (Fsp3) is 0.857. The molecule has 0 unspecified atom stereocenters. The van der Waals surface area contributed by atoms with Crippen molar-refractivity contribution >= 4 is 11.7 Å². The zero-order chi connectivity index (χ0) is 13.9. The molecule has 0 atom stereocenters. The van der Waals surface area contributed by atoms with Gasteiger partial charge in [0, 0.05) is 18.9 Å². The number of nitrogens with one attached hydrogen (secondary N) is 1. The molecule has 4 N–H and O–H groups in total. The van der Waals surface area contributed by atoms with Crippen LogP contribution in [0.25, 0.3) is 0 Å². The first kappa shape index (κ1) is 15.8. The van der Waals surface area contributed by atoms with Gasteiger partial charge >= 0.3 is 0 Å². The zero-order valence-corrected chi connectivity index (χ0v) is 11.7. The molecule has 1 fully saturated rings. The number of unbranched alkanes of at least 4 members (excludes halogenated alkanes) is 1. The van der Waals surface area contributed by atoms with E-state index in [0.717, 1.165) is 25.7 Å². The molecule has 1 amide bonds. The third-order valence-corrected chi connectivity index (χ3v) is 3.76. The number of rotatable bonds is 6. The average molecular weight is 269 g/mol. The Bertz CT molecular complexity index is 284. The van der Waals surface area contributed by atoms with Crippen LogP contribution in [0.5, 0.6) is 0 Å². The SMILES string of the molecule is NC(CCCCNC(=O)C1CCCCCCC1)=NO. The molecule has 0 aromatic rings. The van der Waals surface area contributed by atoms with Gasteiger partial charge in [-0.05, 0) is 25.7 Å². The highest BCUT2D eigenvalue weighted by Crippen LogP contribution is 2.22. The summed E-state index contributed by atoms with van der Waals surface area (Å²) < 4.78 is 0. The van der Waals surface area contributed by atoms with Crippen molar-refractivity contribution in [1.29, 1.82) is 0 Å². The summed E-state index contributed by atoms with van der Waals surface area (Å²) in [6.45, 7) is 0.689. The predicted octanol–water partition coefficient (Wildman–Crippen LogP) is 2.38. The summed E-state index contributed by atoms with van der Waals surface area (Å²) in [5, 5.41) is 14.3. The summed E-state index contributed by atoms with van der Waals surface area (Å²) in [5.74, 6) is 0.682. The Morgan fingerprint density at radius 1 is 1.16 bits per heavy atom. The van der Waals surface area contributed by atoms with Crippen LogP contribution >= 0.6 is 0 Å². The standard InChI is InChI=1S/C14H27N3O2/c15-13(17-19)10-6-7-11-16-14(18)12-8-4-2-1-3-5-9-12/h12,19H,1-11H2,(H2,15,17)(H,16,18). The van der Waals surface area contributed by atoms with Gasteiger partial charge in [-0.15, -0.1) is 0 Å². The van der Waals surface area contributed by atoms with E-state index in [-0.39, 0.29) is 17.7 Å². The molecule has 1 saturated carbocycles. The van der Waals surface area contributed by atoms with Crippen molar-refractivity contribution in [3.05, 3.63) is 0 Å². The maximum Gasteiger partial charge on any atom is 0.223 e. The predicted molar refractivity (Wildman–Crippen MR) is 76.1 cm³/mol. The van der Waals surface area contributed by atoms with Gasteiger partial charge in [0.2, 0.25) is 5.91 Å². The summed E-state index contributed by atoms with van der Waals surface area (Å²) in [7, 11) is 0. The lowest BCUT2D eigenvalue weighted by Gasteiger charge is -2.19. The van der Waals surface area contributed by atoms with Gasteiger partial charge in [0.15, 0.2) is 0 Å². The number of carbonyl (C=O) groups is 1. The highest BCUT2D eigenvalue weighted by molar-refractivity contribution is 5.79. The molecule has 110 valence electrons. The van der Waals surface area contributed by atoms with Crippen LogP contribution in [0.4, 0.5) is 0 Å². The molecule has 0 aliphatic heterocycles. The third kappa shape index (κ3) is 7.03. The summed E-state index contributed by atoms with van der Waals surface area (Å²) in [6, 6.07) is 0. The Labute approximate surface area is 115 Å². The number of hydrogen-bond acceptors (Lipinski definition) is 3. The van der Waals surface area contributed by atoms with Gasteiger partial charge in [-0.1, -0.05) is 37.3 Å². The average Bonchev–Trinajstić information content (AvgIpc) is 2.37. The van der Waals surface area contributed by atoms with Crippen molar-refractivity contribution < 1.29 is 10.0 Å². The van der Waals surface area contributed by atoms with Crippen molar-refractivity contribution in [3.63, 3.8) is 0 Å². The molecule has 19 heavy (non-hydrogen) atoms. The molecule has 1 rings (SSSR count). The molecule has 1 aliphatic carbocycles. The lowest BCUT2D eigenvalue weighted by Crippen LogP contribution is -2.32. The topological polar surface area (TPSA) is 87.7 Å². The van der Waals surface area contributed by atoms with Crippen LogP contribution in [0.3, 0.4) is 0 Å². The minimum Gasteiger partial charge on any atom is -0.409 e. The molecular weight excluding hydrogens is 242 g/mol. The van der Waals surface area contributed by atoms with Crippen molar-refractivity contribution in [2.45, 2.75) is 64.2 Å². The quantitative estimate of drug-likeness (QED) is 0.227. The first-order valence-electron chi connectivity index (χ1n) is 7.48. The van der Waals surface area contributed by atoms with Gasteiger partial charge in [0.1, 0.15) is 5.84 Å². The minimum absolute atomic E-state index is 0.212. The summed E-state index contributed by atoms with van der Waals surface area (Å²) in [5.41, 5.74) is 5.38. The van der Waals surface area contributed by atoms with Crippen LogP contribution in [0, 0.1) is 5.92 Å². The lowest BCUT2D eigenvalue weighted by atomic mass is 9.90. The van der Waals surface area contributed by atoms with Crippen LogP contribution in [-0.2, 0) is 4.79 Å². The van der Waals surface area contributed by atoms with Crippen LogP contribution in [0.15, 0.2) is 5.16 Å². The molecule has 5 nitrogen and oxygen atoms in total. The monoisotopic (exact) mass is 269 g/mol. The van der Waals surface area contributed by atoms with E-state index < -0.39 is 0 Å². The third-order valence-electron chi connectivity index (χ3n) is 3.76. The van der Waals surface area contributed by atoms with Gasteiger partial charge in [-0.3, -0.25) is 4.79 Å². The number of carbonyl (C=O) groups excluding carboxylic acids is 1. The second-order valence-corrected chi connectivity index (χ2v) is 5.38. The molecule has 0 heterocycles. The van der Waals surface area contributed by atoms with Crippen LogP contribution in [-0.4, -0.2) is 23.5 Å². The van der Waals surface area contributed by atoms with E-state index in [0.29, 0.717) is 13.0 Å². The second-order valence-electron chi connectivity index (χ2n) is 5.38. The number of oxime groups is 1. The van der Waals surface area contributed by atoms with Gasteiger partial charge in [-0.25, -0.2) is 0 Å². The fourth-order valence-corrected chi connectivity index (χ4v) is 2.56. The van der Waals surface area contributed by atoms with Crippen molar-refractivity contribution in [3.8, 4) is 0 Å². The molecular formula is C14H27N3O2. The minimum atomic E-state index is 0.212. The molecule has 0 aromatic heterocycles. The number of nitrogens with zero attached hydrogens (tertiary/aromatic N) is 1. The van der Waals surface area contributed by atoms with Crippen LogP contribution < -0.4 is 11.1 Å². The van der Waals surface area contributed by atoms with Gasteiger partial charge in [0.05, 0.1) is 0 Å². The Morgan fingerprint density at radius 2 is 1.79 bits per heavy atom. The van der Waals surface area contributed by atoms with E-state index >= 15 is 0 Å². The number of hydrogen-bond donors (Lipinski definition) is 3. The first-order valence-corrected chi connectivity index (χ1v) is 7.48. The van der Waals surface area contributed by atoms with E-state index in [9.17, 15) is 4.79 Å². The Kier molecular flexibility index (Phi) is 8.02. The van der Waals surface area contributed by atoms with Crippen molar-refractivity contribution in [2.75, 3.05) is 6.54 Å². The number of amides is 1. The van der Waals surface area contributed by atoms with Crippen LogP contribution in [0.1, 0.15) is 64.2 Å². The lowest BCUT2D eigenvalue weighted by molar-refractivity contribution is -0.125.